The number of nitrogens with zero attached hydrogens (tertiary/aromatic N) is 3. The van der Waals surface area contributed by atoms with Gasteiger partial charge in [0.15, 0.2) is 6.61 Å². The van der Waals surface area contributed by atoms with Crippen LogP contribution in [0, 0.1) is 16.7 Å². The first kappa shape index (κ1) is 22.9. The van der Waals surface area contributed by atoms with E-state index in [0.29, 0.717) is 37.5 Å². The molecule has 0 aromatic heterocycles. The van der Waals surface area contributed by atoms with Gasteiger partial charge in [-0.2, -0.15) is 5.26 Å². The third-order valence-electron chi connectivity index (χ3n) is 5.99. The molecule has 1 aromatic rings. The Morgan fingerprint density at radius 1 is 1.16 bits per heavy atom. The van der Waals surface area contributed by atoms with Crippen LogP contribution >= 0.6 is 0 Å². The van der Waals surface area contributed by atoms with Gasteiger partial charge in [-0.1, -0.05) is 13.8 Å². The van der Waals surface area contributed by atoms with Crippen molar-refractivity contribution < 1.29 is 19.1 Å². The zero-order valence-corrected chi connectivity index (χ0v) is 19.2. The van der Waals surface area contributed by atoms with Crippen molar-refractivity contribution in [2.75, 3.05) is 32.8 Å². The van der Waals surface area contributed by atoms with E-state index < -0.39 is 5.60 Å². The van der Waals surface area contributed by atoms with Crippen LogP contribution in [0.1, 0.15) is 64.5 Å². The van der Waals surface area contributed by atoms with Crippen LogP contribution in [0.3, 0.4) is 0 Å². The second-order valence-corrected chi connectivity index (χ2v) is 10.0. The van der Waals surface area contributed by atoms with Gasteiger partial charge >= 0.3 is 6.09 Å². The normalized spacial score (nSPS) is 17.8. The van der Waals surface area contributed by atoms with E-state index in [0.717, 1.165) is 18.4 Å². The van der Waals surface area contributed by atoms with Crippen LogP contribution in [0.25, 0.3) is 0 Å². The lowest BCUT2D eigenvalue weighted by Gasteiger charge is -2.53. The lowest BCUT2D eigenvalue weighted by atomic mass is 9.72. The Morgan fingerprint density at radius 3 is 2.35 bits per heavy atom. The predicted octanol–water partition coefficient (Wildman–Crippen LogP) is 3.92. The molecular formula is C24H33N3O4. The second kappa shape index (κ2) is 8.78. The molecule has 1 aromatic carbocycles. The molecular weight excluding hydrogens is 394 g/mol. The minimum absolute atomic E-state index is 0.0113. The number of benzene rings is 1. The molecule has 0 N–H and O–H groups in total. The van der Waals surface area contributed by atoms with Crippen molar-refractivity contribution in [1.29, 1.82) is 5.26 Å². The van der Waals surface area contributed by atoms with Crippen molar-refractivity contribution in [2.24, 2.45) is 5.41 Å². The van der Waals surface area contributed by atoms with E-state index in [1.165, 1.54) is 0 Å². The van der Waals surface area contributed by atoms with Crippen molar-refractivity contribution in [2.45, 2.75) is 59.0 Å². The van der Waals surface area contributed by atoms with Crippen LogP contribution in [-0.2, 0) is 9.53 Å². The minimum Gasteiger partial charge on any atom is -0.483 e. The molecule has 2 amide bonds. The zero-order valence-electron chi connectivity index (χ0n) is 19.2. The topological polar surface area (TPSA) is 82.9 Å². The van der Waals surface area contributed by atoms with E-state index >= 15 is 0 Å². The molecule has 7 heteroatoms. The average molecular weight is 428 g/mol. The smallest absolute Gasteiger partial charge is 0.410 e. The van der Waals surface area contributed by atoms with Gasteiger partial charge in [-0.15, -0.1) is 0 Å². The van der Waals surface area contributed by atoms with Crippen molar-refractivity contribution in [3.8, 4) is 11.8 Å². The van der Waals surface area contributed by atoms with E-state index in [1.807, 2.05) is 45.6 Å². The summed E-state index contributed by atoms with van der Waals surface area (Å²) in [7, 11) is 0. The molecule has 2 saturated heterocycles. The van der Waals surface area contributed by atoms with Gasteiger partial charge in [0.25, 0.3) is 5.91 Å². The van der Waals surface area contributed by atoms with Gasteiger partial charge in [0.05, 0.1) is 11.6 Å². The summed E-state index contributed by atoms with van der Waals surface area (Å²) in [6.07, 6.45) is 1.51. The molecule has 0 atom stereocenters. The van der Waals surface area contributed by atoms with Gasteiger partial charge in [0.2, 0.25) is 0 Å². The van der Waals surface area contributed by atoms with E-state index in [2.05, 4.69) is 6.07 Å². The van der Waals surface area contributed by atoms with Gasteiger partial charge in [-0.3, -0.25) is 4.79 Å². The number of hydrogen-bond acceptors (Lipinski definition) is 5. The van der Waals surface area contributed by atoms with Gasteiger partial charge in [-0.25, -0.2) is 4.79 Å². The first-order valence-corrected chi connectivity index (χ1v) is 10.9. The van der Waals surface area contributed by atoms with Crippen molar-refractivity contribution >= 4 is 12.0 Å². The Labute approximate surface area is 184 Å². The number of carbonyl (C=O) groups is 2. The van der Waals surface area contributed by atoms with Crippen LogP contribution in [0.2, 0.25) is 0 Å². The summed E-state index contributed by atoms with van der Waals surface area (Å²) in [5, 5.41) is 9.11. The number of piperidine rings is 1. The van der Waals surface area contributed by atoms with E-state index in [1.54, 1.807) is 17.0 Å². The largest absolute Gasteiger partial charge is 0.483 e. The Bertz CT molecular complexity index is 866. The SMILES string of the molecule is CC(C)c1cc(C#N)ccc1OCC(=O)N1CCC2(CC1)CN(C(=O)OC(C)(C)C)C2. The highest BCUT2D eigenvalue weighted by molar-refractivity contribution is 5.78. The monoisotopic (exact) mass is 427 g/mol. The van der Waals surface area contributed by atoms with E-state index in [-0.39, 0.29) is 29.9 Å². The van der Waals surface area contributed by atoms with Gasteiger partial charge in [-0.05, 0) is 63.3 Å². The molecule has 1 spiro atoms. The maximum atomic E-state index is 12.7. The maximum absolute atomic E-state index is 12.7. The molecule has 168 valence electrons. The summed E-state index contributed by atoms with van der Waals surface area (Å²) < 4.78 is 11.3. The van der Waals surface area contributed by atoms with Gasteiger partial charge in [0, 0.05) is 31.6 Å². The lowest BCUT2D eigenvalue weighted by molar-refractivity contribution is -0.138. The summed E-state index contributed by atoms with van der Waals surface area (Å²) in [6.45, 7) is 12.4. The molecule has 0 saturated carbocycles. The molecule has 0 unspecified atom stereocenters. The first-order chi connectivity index (χ1) is 14.5. The van der Waals surface area contributed by atoms with E-state index in [9.17, 15) is 9.59 Å². The summed E-state index contributed by atoms with van der Waals surface area (Å²) in [5.74, 6) is 0.819. The number of nitriles is 1. The highest BCUT2D eigenvalue weighted by Gasteiger charge is 2.48. The Kier molecular flexibility index (Phi) is 6.49. The fourth-order valence-electron chi connectivity index (χ4n) is 4.20. The number of carbonyl (C=O) groups excluding carboxylic acids is 2. The van der Waals surface area contributed by atoms with E-state index in [4.69, 9.17) is 14.7 Å². The summed E-state index contributed by atoms with van der Waals surface area (Å²) in [5.41, 5.74) is 1.14. The molecule has 0 bridgehead atoms. The fourth-order valence-corrected chi connectivity index (χ4v) is 4.20. The Hall–Kier alpha value is -2.75. The molecule has 2 fully saturated rings. The molecule has 2 aliphatic heterocycles. The molecule has 2 aliphatic rings. The highest BCUT2D eigenvalue weighted by Crippen LogP contribution is 2.41. The molecule has 2 heterocycles. The highest BCUT2D eigenvalue weighted by atomic mass is 16.6. The third-order valence-corrected chi connectivity index (χ3v) is 5.99. The van der Waals surface area contributed by atoms with Gasteiger partial charge < -0.3 is 19.3 Å². The lowest BCUT2D eigenvalue weighted by Crippen LogP contribution is -2.63. The number of hydrogen-bond donors (Lipinski definition) is 0. The fraction of sp³-hybridized carbons (Fsp3) is 0.625. The maximum Gasteiger partial charge on any atom is 0.410 e. The number of rotatable bonds is 4. The third kappa shape index (κ3) is 5.49. The van der Waals surface area contributed by atoms with Crippen molar-refractivity contribution in [3.63, 3.8) is 0 Å². The molecule has 0 aliphatic carbocycles. The second-order valence-electron chi connectivity index (χ2n) is 10.0. The summed E-state index contributed by atoms with van der Waals surface area (Å²) in [4.78, 5) is 28.5. The average Bonchev–Trinajstić information content (AvgIpc) is 2.68. The quantitative estimate of drug-likeness (QED) is 0.727. The number of ether oxygens (including phenoxy) is 2. The first-order valence-electron chi connectivity index (χ1n) is 10.9. The van der Waals surface area contributed by atoms with Crippen LogP contribution < -0.4 is 4.74 Å². The predicted molar refractivity (Wildman–Crippen MR) is 117 cm³/mol. The van der Waals surface area contributed by atoms with Crippen LogP contribution in [0.4, 0.5) is 4.79 Å². The van der Waals surface area contributed by atoms with Crippen LogP contribution in [0.15, 0.2) is 18.2 Å². The Balaban J connectivity index is 1.48. The molecule has 31 heavy (non-hydrogen) atoms. The van der Waals surface area contributed by atoms with Crippen molar-refractivity contribution in [3.05, 3.63) is 29.3 Å². The standard InChI is InChI=1S/C24H33N3O4/c1-17(2)19-12-18(13-25)6-7-20(19)30-14-21(28)26-10-8-24(9-11-26)15-27(16-24)22(29)31-23(3,4)5/h6-7,12,17H,8-11,14-16H2,1-5H3. The van der Waals surface area contributed by atoms with Crippen LogP contribution in [0.5, 0.6) is 5.75 Å². The molecule has 3 rings (SSSR count). The minimum atomic E-state index is -0.486. The summed E-state index contributed by atoms with van der Waals surface area (Å²) in [6, 6.07) is 7.45. The molecule has 0 radical (unpaired) electrons. The van der Waals surface area contributed by atoms with Gasteiger partial charge in [0.1, 0.15) is 11.4 Å². The van der Waals surface area contributed by atoms with Crippen LogP contribution in [-0.4, -0.2) is 60.2 Å². The zero-order chi connectivity index (χ0) is 22.8. The number of likely N-dealkylation sites (tertiary alicyclic amines) is 2. The summed E-state index contributed by atoms with van der Waals surface area (Å²) >= 11 is 0. The molecule has 7 nitrogen and oxygen atoms in total. The Morgan fingerprint density at radius 2 is 1.81 bits per heavy atom. The van der Waals surface area contributed by atoms with Crippen molar-refractivity contribution in [1.82, 2.24) is 9.80 Å². The number of amides is 2.